The summed E-state index contributed by atoms with van der Waals surface area (Å²) in [5, 5.41) is 9.66. The van der Waals surface area contributed by atoms with Crippen molar-refractivity contribution in [3.05, 3.63) is 95.1 Å². The zero-order chi connectivity index (χ0) is 19.8. The molecule has 0 spiro atoms. The fourth-order valence-corrected chi connectivity index (χ4v) is 2.96. The van der Waals surface area contributed by atoms with Crippen molar-refractivity contribution >= 4 is 5.97 Å². The minimum atomic E-state index is -1.03. The lowest BCUT2D eigenvalue weighted by Crippen LogP contribution is -2.07. The number of rotatable bonds is 9. The summed E-state index contributed by atoms with van der Waals surface area (Å²) in [6.07, 6.45) is 1.71. The molecule has 0 bridgehead atoms. The number of aromatic carboxylic acids is 1. The molecule has 0 saturated heterocycles. The van der Waals surface area contributed by atoms with Crippen molar-refractivity contribution in [2.45, 2.75) is 33.0 Å². The molecule has 0 radical (unpaired) electrons. The van der Waals surface area contributed by atoms with Gasteiger partial charge in [0.25, 0.3) is 0 Å². The van der Waals surface area contributed by atoms with Gasteiger partial charge in [-0.25, -0.2) is 4.79 Å². The Labute approximate surface area is 165 Å². The molecule has 0 aliphatic carbocycles. The summed E-state index contributed by atoms with van der Waals surface area (Å²) < 4.78 is 11.8. The van der Waals surface area contributed by atoms with Gasteiger partial charge in [0, 0.05) is 0 Å². The maximum absolute atomic E-state index is 11.8. The van der Waals surface area contributed by atoms with Gasteiger partial charge in [-0.1, -0.05) is 74.0 Å². The van der Waals surface area contributed by atoms with Gasteiger partial charge in [0.2, 0.25) is 0 Å². The maximum atomic E-state index is 11.8. The second-order valence-electron chi connectivity index (χ2n) is 6.56. The van der Waals surface area contributed by atoms with Gasteiger partial charge in [-0.05, 0) is 35.2 Å². The van der Waals surface area contributed by atoms with Crippen LogP contribution in [0.4, 0.5) is 0 Å². The first-order valence-corrected chi connectivity index (χ1v) is 9.41. The number of carboxylic acids is 1. The molecule has 0 heterocycles. The number of carbonyl (C=O) groups is 1. The van der Waals surface area contributed by atoms with E-state index in [9.17, 15) is 9.90 Å². The summed E-state index contributed by atoms with van der Waals surface area (Å²) in [4.78, 5) is 11.8. The van der Waals surface area contributed by atoms with E-state index in [4.69, 9.17) is 9.47 Å². The van der Waals surface area contributed by atoms with Crippen LogP contribution in [-0.2, 0) is 19.6 Å². The van der Waals surface area contributed by atoms with Crippen LogP contribution in [0, 0.1) is 0 Å². The van der Waals surface area contributed by atoms with Crippen LogP contribution in [-0.4, -0.2) is 11.1 Å². The quantitative estimate of drug-likeness (QED) is 0.536. The summed E-state index contributed by atoms with van der Waals surface area (Å²) >= 11 is 0. The van der Waals surface area contributed by atoms with Crippen LogP contribution < -0.4 is 9.47 Å². The van der Waals surface area contributed by atoms with Crippen molar-refractivity contribution in [1.29, 1.82) is 0 Å². The molecule has 1 N–H and O–H groups in total. The predicted octanol–water partition coefficient (Wildman–Crippen LogP) is 5.50. The summed E-state index contributed by atoms with van der Waals surface area (Å²) in [5.74, 6) is -0.0716. The maximum Gasteiger partial charge on any atom is 0.339 e. The molecule has 4 nitrogen and oxygen atoms in total. The molecule has 0 fully saturated rings. The predicted molar refractivity (Wildman–Crippen MR) is 109 cm³/mol. The molecule has 4 heteroatoms. The SMILES string of the molecule is CCCc1cc(OCc2ccccc2)c(C(=O)O)cc1OCc1ccccc1. The molecule has 0 aromatic heterocycles. The average Bonchev–Trinajstić information content (AvgIpc) is 2.73. The van der Waals surface area contributed by atoms with Gasteiger partial charge < -0.3 is 14.6 Å². The van der Waals surface area contributed by atoms with Crippen LogP contribution in [0.15, 0.2) is 72.8 Å². The highest BCUT2D eigenvalue weighted by Gasteiger charge is 2.17. The van der Waals surface area contributed by atoms with Crippen LogP contribution in [0.1, 0.15) is 40.4 Å². The van der Waals surface area contributed by atoms with E-state index in [1.165, 1.54) is 0 Å². The van der Waals surface area contributed by atoms with Crippen molar-refractivity contribution in [3.63, 3.8) is 0 Å². The zero-order valence-corrected chi connectivity index (χ0v) is 15.9. The molecule has 0 aliphatic rings. The van der Waals surface area contributed by atoms with Crippen LogP contribution in [0.2, 0.25) is 0 Å². The minimum Gasteiger partial charge on any atom is -0.489 e. The topological polar surface area (TPSA) is 55.8 Å². The molecule has 144 valence electrons. The highest BCUT2D eigenvalue weighted by Crippen LogP contribution is 2.31. The normalized spacial score (nSPS) is 10.5. The van der Waals surface area contributed by atoms with Gasteiger partial charge in [0.1, 0.15) is 30.3 Å². The third-order valence-electron chi connectivity index (χ3n) is 4.39. The van der Waals surface area contributed by atoms with Crippen LogP contribution in [0.3, 0.4) is 0 Å². The summed E-state index contributed by atoms with van der Waals surface area (Å²) in [6, 6.07) is 22.9. The van der Waals surface area contributed by atoms with Crippen LogP contribution >= 0.6 is 0 Å². The molecule has 3 rings (SSSR count). The third-order valence-corrected chi connectivity index (χ3v) is 4.39. The Hall–Kier alpha value is -3.27. The van der Waals surface area contributed by atoms with E-state index in [1.54, 1.807) is 12.1 Å². The van der Waals surface area contributed by atoms with E-state index in [0.29, 0.717) is 24.7 Å². The molecular formula is C24H24O4. The van der Waals surface area contributed by atoms with E-state index in [2.05, 4.69) is 6.92 Å². The second kappa shape index (κ2) is 9.60. The first-order chi connectivity index (χ1) is 13.7. The molecule has 3 aromatic rings. The standard InChI is InChI=1S/C24H24O4/c1-2-9-20-14-23(28-17-19-12-7-4-8-13-19)21(24(25)26)15-22(20)27-16-18-10-5-3-6-11-18/h3-8,10-15H,2,9,16-17H2,1H3,(H,25,26). The lowest BCUT2D eigenvalue weighted by Gasteiger charge is -2.16. The molecular weight excluding hydrogens is 352 g/mol. The lowest BCUT2D eigenvalue weighted by atomic mass is 10.0. The lowest BCUT2D eigenvalue weighted by molar-refractivity contribution is 0.0691. The fraction of sp³-hybridized carbons (Fsp3) is 0.208. The van der Waals surface area contributed by atoms with E-state index in [1.807, 2.05) is 60.7 Å². The van der Waals surface area contributed by atoms with Gasteiger partial charge in [-0.3, -0.25) is 0 Å². The molecule has 0 aliphatic heterocycles. The van der Waals surface area contributed by atoms with Gasteiger partial charge in [0.05, 0.1) is 0 Å². The fourth-order valence-electron chi connectivity index (χ4n) is 2.96. The van der Waals surface area contributed by atoms with Crippen LogP contribution in [0.5, 0.6) is 11.5 Å². The third kappa shape index (κ3) is 5.13. The average molecular weight is 376 g/mol. The molecule has 0 saturated carbocycles. The van der Waals surface area contributed by atoms with Crippen molar-refractivity contribution in [2.75, 3.05) is 0 Å². The smallest absolute Gasteiger partial charge is 0.339 e. The minimum absolute atomic E-state index is 0.110. The Morgan fingerprint density at radius 2 is 1.36 bits per heavy atom. The largest absolute Gasteiger partial charge is 0.489 e. The number of hydrogen-bond acceptors (Lipinski definition) is 3. The highest BCUT2D eigenvalue weighted by atomic mass is 16.5. The van der Waals surface area contributed by atoms with E-state index >= 15 is 0 Å². The van der Waals surface area contributed by atoms with Gasteiger partial charge in [-0.2, -0.15) is 0 Å². The Balaban J connectivity index is 1.85. The number of carboxylic acid groups (broad SMARTS) is 1. The van der Waals surface area contributed by atoms with Gasteiger partial charge in [-0.15, -0.1) is 0 Å². The summed E-state index contributed by atoms with van der Waals surface area (Å²) in [7, 11) is 0. The van der Waals surface area contributed by atoms with Gasteiger partial charge >= 0.3 is 5.97 Å². The van der Waals surface area contributed by atoms with Crippen molar-refractivity contribution in [3.8, 4) is 11.5 Å². The Kier molecular flexibility index (Phi) is 6.68. The molecule has 0 amide bonds. The number of hydrogen-bond donors (Lipinski definition) is 1. The Morgan fingerprint density at radius 1 is 0.821 bits per heavy atom. The molecule has 3 aromatic carbocycles. The van der Waals surface area contributed by atoms with E-state index < -0.39 is 5.97 Å². The van der Waals surface area contributed by atoms with Crippen LogP contribution in [0.25, 0.3) is 0 Å². The first-order valence-electron chi connectivity index (χ1n) is 9.41. The first kappa shape index (κ1) is 19.5. The highest BCUT2D eigenvalue weighted by molar-refractivity contribution is 5.91. The van der Waals surface area contributed by atoms with Gasteiger partial charge in [0.15, 0.2) is 0 Å². The number of benzene rings is 3. The van der Waals surface area contributed by atoms with Crippen molar-refractivity contribution < 1.29 is 19.4 Å². The van der Waals surface area contributed by atoms with Crippen molar-refractivity contribution in [1.82, 2.24) is 0 Å². The molecule has 0 unspecified atom stereocenters. The molecule has 28 heavy (non-hydrogen) atoms. The summed E-state index contributed by atoms with van der Waals surface area (Å²) in [6.45, 7) is 2.79. The Bertz CT molecular complexity index is 905. The second-order valence-corrected chi connectivity index (χ2v) is 6.56. The monoisotopic (exact) mass is 376 g/mol. The molecule has 0 atom stereocenters. The number of aryl methyl sites for hydroxylation is 1. The zero-order valence-electron chi connectivity index (χ0n) is 15.9. The Morgan fingerprint density at radius 3 is 1.86 bits per heavy atom. The summed E-state index contributed by atoms with van der Waals surface area (Å²) in [5.41, 5.74) is 3.08. The van der Waals surface area contributed by atoms with E-state index in [0.717, 1.165) is 29.5 Å². The van der Waals surface area contributed by atoms with E-state index in [-0.39, 0.29) is 5.56 Å². The number of ether oxygens (including phenoxy) is 2. The van der Waals surface area contributed by atoms with Crippen molar-refractivity contribution in [2.24, 2.45) is 0 Å².